The van der Waals surface area contributed by atoms with Gasteiger partial charge in [-0.1, -0.05) is 35.3 Å². The van der Waals surface area contributed by atoms with Crippen molar-refractivity contribution in [3.8, 4) is 11.1 Å². The van der Waals surface area contributed by atoms with E-state index in [2.05, 4.69) is 20.7 Å². The summed E-state index contributed by atoms with van der Waals surface area (Å²) in [6, 6.07) is 15.3. The second kappa shape index (κ2) is 7.74. The van der Waals surface area contributed by atoms with Crippen LogP contribution in [0.2, 0.25) is 10.0 Å². The number of benzene rings is 2. The topological polar surface area (TPSA) is 94.2 Å². The lowest BCUT2D eigenvalue weighted by Crippen LogP contribution is -2.33. The SMILES string of the molecule is Cc1nn2c(nnc3c(=O)n(NC(=O)c4ccc(Cl)cc4)ccc32)c1-c1ccc(Cl)cc1. The number of aryl methyl sites for hydroxylation is 1. The van der Waals surface area contributed by atoms with Crippen molar-refractivity contribution in [2.75, 3.05) is 5.43 Å². The summed E-state index contributed by atoms with van der Waals surface area (Å²) < 4.78 is 2.64. The number of aromatic nitrogens is 5. The van der Waals surface area contributed by atoms with Gasteiger partial charge in [0, 0.05) is 21.8 Å². The fourth-order valence-corrected chi connectivity index (χ4v) is 3.72. The fourth-order valence-electron chi connectivity index (χ4n) is 3.47. The number of carbonyl (C=O) groups excluding carboxylic acids is 1. The number of pyridine rings is 1. The van der Waals surface area contributed by atoms with Crippen molar-refractivity contribution in [2.45, 2.75) is 6.92 Å². The van der Waals surface area contributed by atoms with Gasteiger partial charge in [0.2, 0.25) is 0 Å². The zero-order chi connectivity index (χ0) is 22.4. The van der Waals surface area contributed by atoms with Gasteiger partial charge in [0.15, 0.2) is 11.2 Å². The van der Waals surface area contributed by atoms with Crippen LogP contribution in [-0.4, -0.2) is 30.4 Å². The van der Waals surface area contributed by atoms with Crippen LogP contribution in [0.4, 0.5) is 0 Å². The van der Waals surface area contributed by atoms with Crippen LogP contribution in [0.3, 0.4) is 0 Å². The van der Waals surface area contributed by atoms with Crippen molar-refractivity contribution in [3.63, 3.8) is 0 Å². The third kappa shape index (κ3) is 3.39. The van der Waals surface area contributed by atoms with E-state index in [4.69, 9.17) is 23.2 Å². The molecule has 0 aliphatic rings. The maximum atomic E-state index is 13.0. The zero-order valence-electron chi connectivity index (χ0n) is 16.6. The molecule has 3 aromatic heterocycles. The molecule has 0 bridgehead atoms. The highest BCUT2D eigenvalue weighted by Gasteiger charge is 2.18. The fraction of sp³-hybridized carbons (Fsp3) is 0.0455. The molecule has 0 radical (unpaired) electrons. The first-order chi connectivity index (χ1) is 15.4. The second-order valence-corrected chi connectivity index (χ2v) is 7.95. The lowest BCUT2D eigenvalue weighted by atomic mass is 10.1. The molecule has 0 atom stereocenters. The van der Waals surface area contributed by atoms with E-state index in [1.807, 2.05) is 19.1 Å². The predicted molar refractivity (Wildman–Crippen MR) is 123 cm³/mol. The number of hydrogen-bond donors (Lipinski definition) is 1. The van der Waals surface area contributed by atoms with Crippen LogP contribution in [-0.2, 0) is 0 Å². The summed E-state index contributed by atoms with van der Waals surface area (Å²) in [6.07, 6.45) is 1.46. The molecule has 1 N–H and O–H groups in total. The van der Waals surface area contributed by atoms with Gasteiger partial charge in [-0.3, -0.25) is 15.0 Å². The van der Waals surface area contributed by atoms with Gasteiger partial charge in [0.1, 0.15) is 5.52 Å². The first kappa shape index (κ1) is 20.2. The van der Waals surface area contributed by atoms with E-state index in [0.29, 0.717) is 26.8 Å². The maximum absolute atomic E-state index is 13.0. The quantitative estimate of drug-likeness (QED) is 0.433. The van der Waals surface area contributed by atoms with Crippen molar-refractivity contribution in [2.24, 2.45) is 0 Å². The summed E-state index contributed by atoms with van der Waals surface area (Å²) in [5.41, 5.74) is 5.86. The largest absolute Gasteiger partial charge is 0.299 e. The van der Waals surface area contributed by atoms with E-state index >= 15 is 0 Å². The lowest BCUT2D eigenvalue weighted by Gasteiger charge is -2.09. The summed E-state index contributed by atoms with van der Waals surface area (Å²) in [5, 5.41) is 14.1. The average Bonchev–Trinajstić information content (AvgIpc) is 3.13. The summed E-state index contributed by atoms with van der Waals surface area (Å²) in [7, 11) is 0. The van der Waals surface area contributed by atoms with Crippen LogP contribution in [0.1, 0.15) is 16.1 Å². The first-order valence-electron chi connectivity index (χ1n) is 9.52. The standard InChI is InChI=1S/C22H14Cl2N6O2/c1-12-18(13-2-6-15(23)7-3-13)20-26-25-19-17(30(20)27-12)10-11-29(22(19)32)28-21(31)14-4-8-16(24)9-5-14/h2-11H,1H3,(H,28,31). The molecule has 0 unspecified atom stereocenters. The highest BCUT2D eigenvalue weighted by molar-refractivity contribution is 6.31. The molecule has 158 valence electrons. The third-order valence-electron chi connectivity index (χ3n) is 5.02. The first-order valence-corrected chi connectivity index (χ1v) is 10.3. The smallest absolute Gasteiger partial charge is 0.267 e. The monoisotopic (exact) mass is 464 g/mol. The molecule has 0 aliphatic carbocycles. The van der Waals surface area contributed by atoms with Gasteiger partial charge in [-0.25, -0.2) is 9.19 Å². The molecule has 32 heavy (non-hydrogen) atoms. The summed E-state index contributed by atoms with van der Waals surface area (Å²) in [5.74, 6) is -0.461. The predicted octanol–water partition coefficient (Wildman–Crippen LogP) is 4.11. The number of hydrogen-bond acceptors (Lipinski definition) is 5. The second-order valence-electron chi connectivity index (χ2n) is 7.08. The Kier molecular flexibility index (Phi) is 4.88. The molecule has 5 aromatic rings. The van der Waals surface area contributed by atoms with Crippen LogP contribution in [0.5, 0.6) is 0 Å². The van der Waals surface area contributed by atoms with Gasteiger partial charge in [0.25, 0.3) is 11.5 Å². The van der Waals surface area contributed by atoms with Crippen molar-refractivity contribution in [3.05, 3.63) is 92.5 Å². The zero-order valence-corrected chi connectivity index (χ0v) is 18.1. The molecule has 8 nitrogen and oxygen atoms in total. The van der Waals surface area contributed by atoms with Crippen LogP contribution < -0.4 is 11.0 Å². The van der Waals surface area contributed by atoms with Crippen molar-refractivity contribution < 1.29 is 4.79 Å². The van der Waals surface area contributed by atoms with Gasteiger partial charge in [-0.15, -0.1) is 10.2 Å². The van der Waals surface area contributed by atoms with Gasteiger partial charge in [0.05, 0.1) is 11.3 Å². The number of carbonyl (C=O) groups is 1. The van der Waals surface area contributed by atoms with Crippen LogP contribution in [0, 0.1) is 6.92 Å². The molecule has 5 rings (SSSR count). The summed E-state index contributed by atoms with van der Waals surface area (Å²) in [6.45, 7) is 1.86. The highest BCUT2D eigenvalue weighted by atomic mass is 35.5. The molecule has 0 fully saturated rings. The Hall–Kier alpha value is -3.75. The Morgan fingerprint density at radius 2 is 1.59 bits per heavy atom. The summed E-state index contributed by atoms with van der Waals surface area (Å²) >= 11 is 11.9. The maximum Gasteiger partial charge on any atom is 0.299 e. The molecular weight excluding hydrogens is 451 g/mol. The van der Waals surface area contributed by atoms with Crippen molar-refractivity contribution in [1.82, 2.24) is 24.5 Å². The molecule has 1 amide bonds. The van der Waals surface area contributed by atoms with E-state index in [1.165, 1.54) is 6.20 Å². The van der Waals surface area contributed by atoms with E-state index in [0.717, 1.165) is 21.5 Å². The molecule has 0 saturated carbocycles. The molecule has 0 saturated heterocycles. The number of fused-ring (bicyclic) bond motifs is 3. The Morgan fingerprint density at radius 1 is 0.938 bits per heavy atom. The number of nitrogens with one attached hydrogen (secondary N) is 1. The number of nitrogens with zero attached hydrogens (tertiary/aromatic N) is 5. The van der Waals surface area contributed by atoms with Gasteiger partial charge < -0.3 is 0 Å². The van der Waals surface area contributed by atoms with Crippen LogP contribution in [0.15, 0.2) is 65.6 Å². The van der Waals surface area contributed by atoms with Crippen molar-refractivity contribution in [1.29, 1.82) is 0 Å². The minimum absolute atomic E-state index is 0.0709. The number of halogens is 2. The van der Waals surface area contributed by atoms with E-state index in [-0.39, 0.29) is 5.52 Å². The van der Waals surface area contributed by atoms with Crippen molar-refractivity contribution >= 4 is 45.8 Å². The molecule has 0 spiro atoms. The van der Waals surface area contributed by atoms with Crippen LogP contribution in [0.25, 0.3) is 27.8 Å². The van der Waals surface area contributed by atoms with E-state index in [9.17, 15) is 9.59 Å². The Morgan fingerprint density at radius 3 is 2.28 bits per heavy atom. The van der Waals surface area contributed by atoms with E-state index < -0.39 is 11.5 Å². The van der Waals surface area contributed by atoms with Gasteiger partial charge in [-0.2, -0.15) is 5.10 Å². The van der Waals surface area contributed by atoms with Crippen LogP contribution >= 0.6 is 23.2 Å². The number of amides is 1. The minimum atomic E-state index is -0.527. The third-order valence-corrected chi connectivity index (χ3v) is 5.52. The highest BCUT2D eigenvalue weighted by Crippen LogP contribution is 2.28. The number of rotatable bonds is 3. The average molecular weight is 465 g/mol. The Balaban J connectivity index is 1.59. The Bertz CT molecular complexity index is 1560. The molecule has 2 aromatic carbocycles. The van der Waals surface area contributed by atoms with Gasteiger partial charge >= 0.3 is 0 Å². The molecule has 3 heterocycles. The van der Waals surface area contributed by atoms with E-state index in [1.54, 1.807) is 47.0 Å². The van der Waals surface area contributed by atoms with Gasteiger partial charge in [-0.05, 0) is 55.0 Å². The molecular formula is C22H14Cl2N6O2. The summed E-state index contributed by atoms with van der Waals surface area (Å²) in [4.78, 5) is 25.4. The molecule has 0 aliphatic heterocycles. The normalized spacial score (nSPS) is 11.2. The lowest BCUT2D eigenvalue weighted by molar-refractivity contribution is 0.101. The minimum Gasteiger partial charge on any atom is -0.267 e. The molecule has 10 heteroatoms. The Labute approximate surface area is 191 Å².